The number of fused-ring (bicyclic) bond motifs is 5. The zero-order chi connectivity index (χ0) is 23.5. The van der Waals surface area contributed by atoms with Crippen molar-refractivity contribution < 1.29 is 14.9 Å². The lowest BCUT2D eigenvalue weighted by Gasteiger charge is -2.63. The Morgan fingerprint density at radius 2 is 1.69 bits per heavy atom. The largest absolute Gasteiger partial charge is 0.390 e. The predicted molar refractivity (Wildman–Crippen MR) is 131 cm³/mol. The third-order valence-corrected chi connectivity index (χ3v) is 11.8. The highest BCUT2D eigenvalue weighted by atomic mass is 16.5. The lowest BCUT2D eigenvalue weighted by Crippen LogP contribution is -2.60. The molecule has 0 aromatic heterocycles. The molecule has 4 saturated carbocycles. The van der Waals surface area contributed by atoms with Crippen molar-refractivity contribution in [2.75, 3.05) is 7.11 Å². The molecule has 0 saturated heterocycles. The van der Waals surface area contributed by atoms with E-state index in [1.54, 1.807) is 0 Å². The van der Waals surface area contributed by atoms with Gasteiger partial charge in [-0.3, -0.25) is 0 Å². The lowest BCUT2D eigenvalue weighted by molar-refractivity contribution is -0.205. The van der Waals surface area contributed by atoms with Crippen LogP contribution in [0.3, 0.4) is 0 Å². The lowest BCUT2D eigenvalue weighted by atomic mass is 9.43. The van der Waals surface area contributed by atoms with Crippen LogP contribution in [0.15, 0.2) is 0 Å². The zero-order valence-electron chi connectivity index (χ0n) is 22.1. The topological polar surface area (TPSA) is 49.7 Å². The van der Waals surface area contributed by atoms with Gasteiger partial charge in [-0.1, -0.05) is 27.7 Å². The van der Waals surface area contributed by atoms with Gasteiger partial charge in [0.2, 0.25) is 0 Å². The first-order valence-electron chi connectivity index (χ1n) is 13.9. The highest BCUT2D eigenvalue weighted by Crippen LogP contribution is 2.69. The number of rotatable bonds is 6. The SMILES string of the molecule is CCC1(O)CC2CCC3C(CCC4(C)C(C(C)CCC(C)(C)O)CCC34)C2(C)CC1OC. The van der Waals surface area contributed by atoms with E-state index in [-0.39, 0.29) is 6.10 Å². The quantitative estimate of drug-likeness (QED) is 0.481. The first kappa shape index (κ1) is 25.0. The minimum absolute atomic E-state index is 0.0148. The van der Waals surface area contributed by atoms with Crippen molar-refractivity contribution in [3.8, 4) is 0 Å². The van der Waals surface area contributed by atoms with Crippen LogP contribution in [-0.2, 0) is 4.74 Å². The summed E-state index contributed by atoms with van der Waals surface area (Å²) in [5.41, 5.74) is -0.389. The molecule has 4 rings (SSSR count). The van der Waals surface area contributed by atoms with Crippen LogP contribution in [-0.4, -0.2) is 34.6 Å². The third-order valence-electron chi connectivity index (χ3n) is 11.8. The normalized spacial score (nSPS) is 49.8. The minimum atomic E-state index is -0.636. The Kier molecular flexibility index (Phi) is 6.65. The van der Waals surface area contributed by atoms with Gasteiger partial charge in [0.05, 0.1) is 17.3 Å². The van der Waals surface area contributed by atoms with Gasteiger partial charge in [0.25, 0.3) is 0 Å². The van der Waals surface area contributed by atoms with Crippen molar-refractivity contribution in [1.82, 2.24) is 0 Å². The second kappa shape index (κ2) is 8.52. The molecule has 10 unspecified atom stereocenters. The molecule has 0 bridgehead atoms. The van der Waals surface area contributed by atoms with Crippen molar-refractivity contribution in [3.63, 3.8) is 0 Å². The molecule has 0 aliphatic heterocycles. The average molecular weight is 449 g/mol. The minimum Gasteiger partial charge on any atom is -0.390 e. The summed E-state index contributed by atoms with van der Waals surface area (Å²) in [6.07, 6.45) is 13.0. The second-order valence-corrected chi connectivity index (χ2v) is 13.8. The van der Waals surface area contributed by atoms with E-state index in [0.29, 0.717) is 22.7 Å². The molecule has 0 aromatic rings. The summed E-state index contributed by atoms with van der Waals surface area (Å²) in [5.74, 6) is 4.67. The van der Waals surface area contributed by atoms with Crippen molar-refractivity contribution in [1.29, 1.82) is 0 Å². The molecular formula is C29H52O3. The van der Waals surface area contributed by atoms with Gasteiger partial charge in [-0.05, 0) is 131 Å². The number of aliphatic hydroxyl groups is 2. The van der Waals surface area contributed by atoms with Gasteiger partial charge in [0.1, 0.15) is 0 Å². The van der Waals surface area contributed by atoms with Gasteiger partial charge in [-0.2, -0.15) is 0 Å². The van der Waals surface area contributed by atoms with Gasteiger partial charge in [0.15, 0.2) is 0 Å². The molecule has 0 amide bonds. The van der Waals surface area contributed by atoms with Crippen molar-refractivity contribution in [2.24, 2.45) is 46.3 Å². The van der Waals surface area contributed by atoms with Crippen LogP contribution in [0.2, 0.25) is 0 Å². The highest BCUT2D eigenvalue weighted by molar-refractivity contribution is 5.12. The predicted octanol–water partition coefficient (Wildman–Crippen LogP) is 6.60. The smallest absolute Gasteiger partial charge is 0.0908 e. The van der Waals surface area contributed by atoms with E-state index in [1.165, 1.54) is 38.5 Å². The van der Waals surface area contributed by atoms with Crippen LogP contribution in [0.1, 0.15) is 112 Å². The van der Waals surface area contributed by atoms with Crippen LogP contribution in [0.25, 0.3) is 0 Å². The van der Waals surface area contributed by atoms with Crippen LogP contribution in [0.4, 0.5) is 0 Å². The molecule has 3 nitrogen and oxygen atoms in total. The maximum Gasteiger partial charge on any atom is 0.0908 e. The molecular weight excluding hydrogens is 396 g/mol. The Balaban J connectivity index is 1.52. The monoisotopic (exact) mass is 448 g/mol. The molecule has 10 atom stereocenters. The van der Waals surface area contributed by atoms with Gasteiger partial charge in [0, 0.05) is 7.11 Å². The molecule has 32 heavy (non-hydrogen) atoms. The Labute approximate surface area is 198 Å². The van der Waals surface area contributed by atoms with Gasteiger partial charge < -0.3 is 14.9 Å². The van der Waals surface area contributed by atoms with Crippen molar-refractivity contribution >= 4 is 0 Å². The Hall–Kier alpha value is -0.120. The third kappa shape index (κ3) is 4.01. The van der Waals surface area contributed by atoms with Crippen molar-refractivity contribution in [2.45, 2.75) is 129 Å². The number of methoxy groups -OCH3 is 1. The van der Waals surface area contributed by atoms with Crippen molar-refractivity contribution in [3.05, 3.63) is 0 Å². The fraction of sp³-hybridized carbons (Fsp3) is 1.00. The van der Waals surface area contributed by atoms with Crippen LogP contribution >= 0.6 is 0 Å². The van der Waals surface area contributed by atoms with Gasteiger partial charge in [-0.15, -0.1) is 0 Å². The van der Waals surface area contributed by atoms with Crippen LogP contribution in [0, 0.1) is 46.3 Å². The van der Waals surface area contributed by atoms with E-state index < -0.39 is 11.2 Å². The summed E-state index contributed by atoms with van der Waals surface area (Å²) in [6.45, 7) is 13.7. The first-order chi connectivity index (χ1) is 14.9. The van der Waals surface area contributed by atoms with Gasteiger partial charge in [-0.25, -0.2) is 0 Å². The van der Waals surface area contributed by atoms with E-state index in [9.17, 15) is 10.2 Å². The molecule has 4 aliphatic carbocycles. The number of hydrogen-bond acceptors (Lipinski definition) is 3. The second-order valence-electron chi connectivity index (χ2n) is 13.8. The summed E-state index contributed by atoms with van der Waals surface area (Å²) < 4.78 is 5.93. The van der Waals surface area contributed by atoms with Crippen LogP contribution < -0.4 is 0 Å². The van der Waals surface area contributed by atoms with E-state index in [0.717, 1.165) is 55.8 Å². The van der Waals surface area contributed by atoms with E-state index in [2.05, 4.69) is 27.7 Å². The molecule has 0 spiro atoms. The molecule has 4 aliphatic rings. The van der Waals surface area contributed by atoms with Crippen LogP contribution in [0.5, 0.6) is 0 Å². The molecule has 2 N–H and O–H groups in total. The summed E-state index contributed by atoms with van der Waals surface area (Å²) >= 11 is 0. The Morgan fingerprint density at radius 3 is 2.31 bits per heavy atom. The van der Waals surface area contributed by atoms with E-state index >= 15 is 0 Å². The van der Waals surface area contributed by atoms with Gasteiger partial charge >= 0.3 is 0 Å². The molecule has 0 heterocycles. The molecule has 4 fully saturated rings. The van der Waals surface area contributed by atoms with E-state index in [1.807, 2.05) is 21.0 Å². The highest BCUT2D eigenvalue weighted by Gasteiger charge is 2.63. The fourth-order valence-electron chi connectivity index (χ4n) is 9.77. The summed E-state index contributed by atoms with van der Waals surface area (Å²) in [4.78, 5) is 0. The maximum atomic E-state index is 11.3. The maximum absolute atomic E-state index is 11.3. The fourth-order valence-corrected chi connectivity index (χ4v) is 9.77. The zero-order valence-corrected chi connectivity index (χ0v) is 22.1. The Bertz CT molecular complexity index is 670. The molecule has 186 valence electrons. The average Bonchev–Trinajstić information content (AvgIpc) is 3.09. The summed E-state index contributed by atoms with van der Waals surface area (Å²) in [7, 11) is 1.81. The first-order valence-corrected chi connectivity index (χ1v) is 13.9. The molecule has 0 radical (unpaired) electrons. The van der Waals surface area contributed by atoms with E-state index in [4.69, 9.17) is 4.74 Å². The molecule has 0 aromatic carbocycles. The number of ether oxygens (including phenoxy) is 1. The standard InChI is InChI=1S/C29H52O3/c1-8-29(31)17-20-9-10-21-23-12-11-22(19(2)13-15-26(3,4)30)27(23,5)16-14-24(21)28(20,6)18-25(29)32-7/h19-25,30-31H,8-18H2,1-7H3. The number of hydrogen-bond donors (Lipinski definition) is 2. The summed E-state index contributed by atoms with van der Waals surface area (Å²) in [5, 5.41) is 21.6. The molecule has 3 heteroatoms. The Morgan fingerprint density at radius 1 is 1.00 bits per heavy atom. The summed E-state index contributed by atoms with van der Waals surface area (Å²) in [6, 6.07) is 0.